The molecule has 0 amide bonds. The Kier molecular flexibility index (Phi) is 3.22. The molecule has 66 valence electrons. The molecule has 0 spiro atoms. The topological polar surface area (TPSA) is 39.2 Å². The van der Waals surface area contributed by atoms with Gasteiger partial charge in [-0.25, -0.2) is 9.78 Å². The van der Waals surface area contributed by atoms with Gasteiger partial charge in [0.05, 0.1) is 6.61 Å². The molecule has 0 saturated carbocycles. The van der Waals surface area contributed by atoms with Crippen LogP contribution in [-0.4, -0.2) is 17.6 Å². The largest absolute Gasteiger partial charge is 0.461 e. The smallest absolute Gasteiger partial charge is 0.358 e. The lowest BCUT2D eigenvalue weighted by atomic mass is 10.4. The van der Waals surface area contributed by atoms with Crippen LogP contribution in [0.25, 0.3) is 0 Å². The molecule has 3 nitrogen and oxygen atoms in total. The fourth-order valence-electron chi connectivity index (χ4n) is 0.753. The second-order valence-corrected chi connectivity index (χ2v) is 4.57. The Balaban J connectivity index is 2.87. The monoisotopic (exact) mass is 249 g/mol. The van der Waals surface area contributed by atoms with Crippen LogP contribution in [0.3, 0.4) is 0 Å². The predicted octanol–water partition coefficient (Wildman–Crippen LogP) is 2.39. The zero-order valence-electron chi connectivity index (χ0n) is 6.76. The Bertz CT molecular complexity index is 298. The third kappa shape index (κ3) is 2.04. The molecule has 0 aliphatic carbocycles. The number of hydrogen-bond acceptors (Lipinski definition) is 4. The Morgan fingerprint density at radius 1 is 1.75 bits per heavy atom. The van der Waals surface area contributed by atoms with E-state index in [1.807, 2.05) is 6.92 Å². The molecule has 0 aromatic carbocycles. The van der Waals surface area contributed by atoms with Crippen LogP contribution in [0.4, 0.5) is 0 Å². The Morgan fingerprint density at radius 3 is 2.83 bits per heavy atom. The molecule has 0 N–H and O–H groups in total. The average molecular weight is 250 g/mol. The van der Waals surface area contributed by atoms with Crippen LogP contribution in [0.1, 0.15) is 22.3 Å². The highest BCUT2D eigenvalue weighted by Crippen LogP contribution is 2.22. The summed E-state index contributed by atoms with van der Waals surface area (Å²) < 4.78 is 5.52. The molecule has 0 saturated heterocycles. The van der Waals surface area contributed by atoms with E-state index in [9.17, 15) is 4.79 Å². The molecule has 0 atom stereocenters. The van der Waals surface area contributed by atoms with Gasteiger partial charge in [-0.2, -0.15) is 0 Å². The van der Waals surface area contributed by atoms with Crippen molar-refractivity contribution in [1.82, 2.24) is 4.98 Å². The maximum absolute atomic E-state index is 11.2. The minimum atomic E-state index is -0.350. The quantitative estimate of drug-likeness (QED) is 0.756. The van der Waals surface area contributed by atoms with Gasteiger partial charge in [0.15, 0.2) is 9.61 Å². The summed E-state index contributed by atoms with van der Waals surface area (Å²) in [6.45, 7) is 4.00. The molecular formula is C7H8BrNO2S. The SMILES string of the molecule is CCOC(=O)c1nc(Br)sc1C. The van der Waals surface area contributed by atoms with Gasteiger partial charge in [0, 0.05) is 4.88 Å². The molecule has 5 heteroatoms. The van der Waals surface area contributed by atoms with Crippen molar-refractivity contribution in [2.24, 2.45) is 0 Å². The van der Waals surface area contributed by atoms with E-state index in [0.29, 0.717) is 16.2 Å². The van der Waals surface area contributed by atoms with Crippen LogP contribution in [0, 0.1) is 6.92 Å². The second kappa shape index (κ2) is 4.00. The lowest BCUT2D eigenvalue weighted by molar-refractivity contribution is 0.0519. The van der Waals surface area contributed by atoms with Crippen LogP contribution >= 0.6 is 27.3 Å². The number of rotatable bonds is 2. The Labute approximate surface area is 82.9 Å². The van der Waals surface area contributed by atoms with Crippen LogP contribution in [0.15, 0.2) is 3.92 Å². The first kappa shape index (κ1) is 9.67. The van der Waals surface area contributed by atoms with Crippen LogP contribution < -0.4 is 0 Å². The first-order valence-corrected chi connectivity index (χ1v) is 5.06. The van der Waals surface area contributed by atoms with Gasteiger partial charge in [-0.15, -0.1) is 11.3 Å². The van der Waals surface area contributed by atoms with Crippen molar-refractivity contribution < 1.29 is 9.53 Å². The highest BCUT2D eigenvalue weighted by Gasteiger charge is 2.14. The van der Waals surface area contributed by atoms with Crippen molar-refractivity contribution in [3.63, 3.8) is 0 Å². The summed E-state index contributed by atoms with van der Waals surface area (Å²) in [5.41, 5.74) is 0.411. The number of carbonyl (C=O) groups excluding carboxylic acids is 1. The van der Waals surface area contributed by atoms with E-state index >= 15 is 0 Å². The molecule has 0 bridgehead atoms. The van der Waals surface area contributed by atoms with Gasteiger partial charge in [0.2, 0.25) is 0 Å². The van der Waals surface area contributed by atoms with E-state index in [2.05, 4.69) is 20.9 Å². The summed E-state index contributed by atoms with van der Waals surface area (Å²) >= 11 is 4.63. The van der Waals surface area contributed by atoms with E-state index < -0.39 is 0 Å². The van der Waals surface area contributed by atoms with Gasteiger partial charge < -0.3 is 4.74 Å². The highest BCUT2D eigenvalue weighted by molar-refractivity contribution is 9.11. The number of hydrogen-bond donors (Lipinski definition) is 0. The van der Waals surface area contributed by atoms with E-state index in [1.165, 1.54) is 11.3 Å². The van der Waals surface area contributed by atoms with Gasteiger partial charge >= 0.3 is 5.97 Å². The van der Waals surface area contributed by atoms with E-state index in [0.717, 1.165) is 4.88 Å². The number of aromatic nitrogens is 1. The van der Waals surface area contributed by atoms with Gasteiger partial charge in [-0.05, 0) is 29.8 Å². The standard InChI is InChI=1S/C7H8BrNO2S/c1-3-11-6(10)5-4(2)12-7(8)9-5/h3H2,1-2H3. The zero-order valence-corrected chi connectivity index (χ0v) is 9.16. The lowest BCUT2D eigenvalue weighted by Crippen LogP contribution is -2.06. The van der Waals surface area contributed by atoms with Crippen molar-refractivity contribution in [3.05, 3.63) is 14.5 Å². The van der Waals surface area contributed by atoms with E-state index in [1.54, 1.807) is 6.92 Å². The molecule has 0 fully saturated rings. The maximum atomic E-state index is 11.2. The minimum Gasteiger partial charge on any atom is -0.461 e. The minimum absolute atomic E-state index is 0.350. The Hall–Kier alpha value is -0.420. The molecule has 1 heterocycles. The number of nitrogens with zero attached hydrogens (tertiary/aromatic N) is 1. The number of esters is 1. The van der Waals surface area contributed by atoms with Gasteiger partial charge in [-0.3, -0.25) is 0 Å². The van der Waals surface area contributed by atoms with Crippen LogP contribution in [-0.2, 0) is 4.74 Å². The number of carbonyl (C=O) groups is 1. The number of thiazole rings is 1. The lowest BCUT2D eigenvalue weighted by Gasteiger charge is -1.97. The van der Waals surface area contributed by atoms with E-state index in [4.69, 9.17) is 4.74 Å². The third-order valence-corrected chi connectivity index (χ3v) is 2.66. The molecular weight excluding hydrogens is 242 g/mol. The van der Waals surface area contributed by atoms with Gasteiger partial charge in [0.25, 0.3) is 0 Å². The molecule has 12 heavy (non-hydrogen) atoms. The van der Waals surface area contributed by atoms with Crippen molar-refractivity contribution in [2.75, 3.05) is 6.61 Å². The van der Waals surface area contributed by atoms with Crippen molar-refractivity contribution in [1.29, 1.82) is 0 Å². The number of aryl methyl sites for hydroxylation is 1. The summed E-state index contributed by atoms with van der Waals surface area (Å²) in [6.07, 6.45) is 0. The molecule has 0 aliphatic heterocycles. The van der Waals surface area contributed by atoms with Gasteiger partial charge in [-0.1, -0.05) is 0 Å². The molecule has 0 aliphatic rings. The fraction of sp³-hybridized carbons (Fsp3) is 0.429. The summed E-state index contributed by atoms with van der Waals surface area (Å²) in [6, 6.07) is 0. The van der Waals surface area contributed by atoms with E-state index in [-0.39, 0.29) is 5.97 Å². The van der Waals surface area contributed by atoms with Crippen molar-refractivity contribution in [3.8, 4) is 0 Å². The number of halogens is 1. The first-order valence-electron chi connectivity index (χ1n) is 3.45. The summed E-state index contributed by atoms with van der Waals surface area (Å²) in [4.78, 5) is 16.0. The zero-order chi connectivity index (χ0) is 9.14. The molecule has 0 unspecified atom stereocenters. The van der Waals surface area contributed by atoms with Crippen molar-refractivity contribution in [2.45, 2.75) is 13.8 Å². The summed E-state index contributed by atoms with van der Waals surface area (Å²) in [5.74, 6) is -0.350. The van der Waals surface area contributed by atoms with Crippen LogP contribution in [0.2, 0.25) is 0 Å². The normalized spacial score (nSPS) is 9.92. The summed E-state index contributed by atoms with van der Waals surface area (Å²) in [7, 11) is 0. The molecule has 1 aromatic heterocycles. The average Bonchev–Trinajstić information content (AvgIpc) is 2.30. The first-order chi connectivity index (χ1) is 5.65. The predicted molar refractivity (Wildman–Crippen MR) is 50.5 cm³/mol. The Morgan fingerprint density at radius 2 is 2.42 bits per heavy atom. The second-order valence-electron chi connectivity index (χ2n) is 2.09. The van der Waals surface area contributed by atoms with Crippen molar-refractivity contribution >= 4 is 33.2 Å². The molecule has 0 radical (unpaired) electrons. The maximum Gasteiger partial charge on any atom is 0.358 e. The third-order valence-electron chi connectivity index (χ3n) is 1.24. The molecule has 1 rings (SSSR count). The summed E-state index contributed by atoms with van der Waals surface area (Å²) in [5, 5.41) is 0. The van der Waals surface area contributed by atoms with Gasteiger partial charge in [0.1, 0.15) is 0 Å². The number of ether oxygens (including phenoxy) is 1. The molecule has 1 aromatic rings. The highest BCUT2D eigenvalue weighted by atomic mass is 79.9. The van der Waals surface area contributed by atoms with Crippen LogP contribution in [0.5, 0.6) is 0 Å². The fourth-order valence-corrected chi connectivity index (χ4v) is 2.27.